The fourth-order valence-electron chi connectivity index (χ4n) is 2.70. The number of benzene rings is 1. The SMILES string of the molecule is CCNC(c1cccc(CC(C)C)c1)c1ccc(CC)o1. The molecule has 0 saturated carbocycles. The van der Waals surface area contributed by atoms with Crippen molar-refractivity contribution in [3.8, 4) is 0 Å². The Morgan fingerprint density at radius 1 is 1.10 bits per heavy atom. The summed E-state index contributed by atoms with van der Waals surface area (Å²) in [6.07, 6.45) is 2.05. The Morgan fingerprint density at radius 2 is 1.90 bits per heavy atom. The molecule has 0 aliphatic carbocycles. The highest BCUT2D eigenvalue weighted by molar-refractivity contribution is 5.31. The molecule has 1 N–H and O–H groups in total. The van der Waals surface area contributed by atoms with Crippen LogP contribution >= 0.6 is 0 Å². The van der Waals surface area contributed by atoms with Crippen molar-refractivity contribution >= 4 is 0 Å². The van der Waals surface area contributed by atoms with Gasteiger partial charge < -0.3 is 9.73 Å². The first-order valence-corrected chi connectivity index (χ1v) is 8.04. The fraction of sp³-hybridized carbons (Fsp3) is 0.474. The molecule has 114 valence electrons. The molecular weight excluding hydrogens is 258 g/mol. The molecule has 0 amide bonds. The van der Waals surface area contributed by atoms with E-state index in [2.05, 4.69) is 69.4 Å². The zero-order valence-electron chi connectivity index (χ0n) is 13.6. The molecule has 0 fully saturated rings. The van der Waals surface area contributed by atoms with Crippen LogP contribution in [0.4, 0.5) is 0 Å². The molecular formula is C19H27NO. The summed E-state index contributed by atoms with van der Waals surface area (Å²) in [5.41, 5.74) is 2.68. The highest BCUT2D eigenvalue weighted by atomic mass is 16.3. The van der Waals surface area contributed by atoms with Crippen LogP contribution in [0, 0.1) is 5.92 Å². The molecule has 0 bridgehead atoms. The van der Waals surface area contributed by atoms with Gasteiger partial charge in [0, 0.05) is 6.42 Å². The second-order valence-corrected chi connectivity index (χ2v) is 5.99. The van der Waals surface area contributed by atoms with Crippen molar-refractivity contribution in [3.05, 3.63) is 59.0 Å². The van der Waals surface area contributed by atoms with Gasteiger partial charge in [0.25, 0.3) is 0 Å². The van der Waals surface area contributed by atoms with Crippen LogP contribution in [0.3, 0.4) is 0 Å². The van der Waals surface area contributed by atoms with Gasteiger partial charge in [0.15, 0.2) is 0 Å². The van der Waals surface area contributed by atoms with E-state index < -0.39 is 0 Å². The first-order valence-electron chi connectivity index (χ1n) is 8.04. The zero-order chi connectivity index (χ0) is 15.2. The highest BCUT2D eigenvalue weighted by Crippen LogP contribution is 2.25. The van der Waals surface area contributed by atoms with E-state index in [0.29, 0.717) is 5.92 Å². The molecule has 2 aromatic rings. The van der Waals surface area contributed by atoms with Gasteiger partial charge in [-0.3, -0.25) is 0 Å². The molecule has 1 aromatic heterocycles. The number of nitrogens with one attached hydrogen (secondary N) is 1. The molecule has 0 aliphatic rings. The van der Waals surface area contributed by atoms with Crippen molar-refractivity contribution in [2.75, 3.05) is 6.54 Å². The Balaban J connectivity index is 2.29. The van der Waals surface area contributed by atoms with Gasteiger partial charge in [-0.25, -0.2) is 0 Å². The highest BCUT2D eigenvalue weighted by Gasteiger charge is 2.17. The maximum atomic E-state index is 5.96. The minimum atomic E-state index is 0.141. The van der Waals surface area contributed by atoms with Crippen LogP contribution in [0.25, 0.3) is 0 Å². The first-order chi connectivity index (χ1) is 10.1. The molecule has 0 saturated heterocycles. The number of aryl methyl sites for hydroxylation is 1. The van der Waals surface area contributed by atoms with E-state index in [1.54, 1.807) is 0 Å². The smallest absolute Gasteiger partial charge is 0.125 e. The molecule has 0 radical (unpaired) electrons. The van der Waals surface area contributed by atoms with E-state index in [9.17, 15) is 0 Å². The molecule has 0 aliphatic heterocycles. The predicted molar refractivity (Wildman–Crippen MR) is 88.6 cm³/mol. The van der Waals surface area contributed by atoms with Crippen molar-refractivity contribution in [2.24, 2.45) is 5.92 Å². The second kappa shape index (κ2) is 7.46. The molecule has 21 heavy (non-hydrogen) atoms. The normalized spacial score (nSPS) is 12.8. The zero-order valence-corrected chi connectivity index (χ0v) is 13.6. The van der Waals surface area contributed by atoms with E-state index in [4.69, 9.17) is 4.42 Å². The summed E-state index contributed by atoms with van der Waals surface area (Å²) in [6.45, 7) is 9.69. The van der Waals surface area contributed by atoms with Crippen LogP contribution in [-0.2, 0) is 12.8 Å². The van der Waals surface area contributed by atoms with Crippen molar-refractivity contribution in [1.82, 2.24) is 5.32 Å². The van der Waals surface area contributed by atoms with Crippen LogP contribution < -0.4 is 5.32 Å². The number of rotatable bonds is 7. The summed E-state index contributed by atoms with van der Waals surface area (Å²) >= 11 is 0. The van der Waals surface area contributed by atoms with E-state index in [1.165, 1.54) is 11.1 Å². The minimum absolute atomic E-state index is 0.141. The maximum Gasteiger partial charge on any atom is 0.125 e. The van der Waals surface area contributed by atoms with E-state index in [1.807, 2.05) is 0 Å². The van der Waals surface area contributed by atoms with Crippen molar-refractivity contribution in [3.63, 3.8) is 0 Å². The van der Waals surface area contributed by atoms with Crippen LogP contribution in [0.1, 0.15) is 56.4 Å². The lowest BCUT2D eigenvalue weighted by atomic mass is 9.97. The van der Waals surface area contributed by atoms with Gasteiger partial charge >= 0.3 is 0 Å². The minimum Gasteiger partial charge on any atom is -0.464 e. The fourth-order valence-corrected chi connectivity index (χ4v) is 2.70. The van der Waals surface area contributed by atoms with Gasteiger partial charge in [0.2, 0.25) is 0 Å². The third kappa shape index (κ3) is 4.21. The number of hydrogen-bond donors (Lipinski definition) is 1. The summed E-state index contributed by atoms with van der Waals surface area (Å²) in [4.78, 5) is 0. The van der Waals surface area contributed by atoms with Gasteiger partial charge in [-0.1, -0.05) is 52.0 Å². The summed E-state index contributed by atoms with van der Waals surface area (Å²) in [7, 11) is 0. The number of furan rings is 1. The lowest BCUT2D eigenvalue weighted by molar-refractivity contribution is 0.425. The predicted octanol–water partition coefficient (Wildman–Crippen LogP) is 4.74. The second-order valence-electron chi connectivity index (χ2n) is 5.99. The summed E-state index contributed by atoms with van der Waals surface area (Å²) in [6, 6.07) is 13.2. The van der Waals surface area contributed by atoms with Gasteiger partial charge in [-0.15, -0.1) is 0 Å². The number of hydrogen-bond acceptors (Lipinski definition) is 2. The lowest BCUT2D eigenvalue weighted by Crippen LogP contribution is -2.21. The van der Waals surface area contributed by atoms with Gasteiger partial charge in [0.05, 0.1) is 6.04 Å². The summed E-state index contributed by atoms with van der Waals surface area (Å²) < 4.78 is 5.96. The van der Waals surface area contributed by atoms with Crippen molar-refractivity contribution < 1.29 is 4.42 Å². The molecule has 1 heterocycles. The van der Waals surface area contributed by atoms with Gasteiger partial charge in [-0.05, 0) is 42.1 Å². The summed E-state index contributed by atoms with van der Waals surface area (Å²) in [5, 5.41) is 3.54. The van der Waals surface area contributed by atoms with Gasteiger partial charge in [-0.2, -0.15) is 0 Å². The Labute approximate surface area is 128 Å². The Hall–Kier alpha value is -1.54. The lowest BCUT2D eigenvalue weighted by Gasteiger charge is -2.17. The van der Waals surface area contributed by atoms with Crippen molar-refractivity contribution in [2.45, 2.75) is 46.6 Å². The largest absolute Gasteiger partial charge is 0.464 e. The Bertz CT molecular complexity index is 556. The molecule has 2 rings (SSSR count). The molecule has 1 unspecified atom stereocenters. The summed E-state index contributed by atoms with van der Waals surface area (Å²) in [5.74, 6) is 2.73. The maximum absolute atomic E-state index is 5.96. The van der Waals surface area contributed by atoms with E-state index >= 15 is 0 Å². The average Bonchev–Trinajstić information content (AvgIpc) is 2.93. The Morgan fingerprint density at radius 3 is 2.52 bits per heavy atom. The van der Waals surface area contributed by atoms with Crippen LogP contribution in [0.2, 0.25) is 0 Å². The van der Waals surface area contributed by atoms with Crippen LogP contribution in [-0.4, -0.2) is 6.54 Å². The van der Waals surface area contributed by atoms with Crippen LogP contribution in [0.5, 0.6) is 0 Å². The van der Waals surface area contributed by atoms with Gasteiger partial charge in [0.1, 0.15) is 11.5 Å². The third-order valence-electron chi connectivity index (χ3n) is 3.65. The first kappa shape index (κ1) is 15.8. The molecule has 1 aromatic carbocycles. The van der Waals surface area contributed by atoms with E-state index in [-0.39, 0.29) is 6.04 Å². The third-order valence-corrected chi connectivity index (χ3v) is 3.65. The quantitative estimate of drug-likeness (QED) is 0.795. The molecule has 1 atom stereocenters. The van der Waals surface area contributed by atoms with Crippen molar-refractivity contribution in [1.29, 1.82) is 0 Å². The monoisotopic (exact) mass is 285 g/mol. The topological polar surface area (TPSA) is 25.2 Å². The molecule has 0 spiro atoms. The Kier molecular flexibility index (Phi) is 5.63. The van der Waals surface area contributed by atoms with E-state index in [0.717, 1.165) is 30.9 Å². The average molecular weight is 285 g/mol. The van der Waals surface area contributed by atoms with Crippen LogP contribution in [0.15, 0.2) is 40.8 Å². The standard InChI is InChI=1S/C19H27NO/c1-5-17-10-11-18(21-17)19(20-6-2)16-9-7-8-15(13-16)12-14(3)4/h7-11,13-14,19-20H,5-6,12H2,1-4H3. The molecule has 2 heteroatoms. The molecule has 2 nitrogen and oxygen atoms in total.